The van der Waals surface area contributed by atoms with E-state index in [1.807, 2.05) is 50.2 Å². The molecule has 2 aliphatic carbocycles. The molecule has 2 aromatic carbocycles. The number of aliphatic carboxylic acids is 1. The largest absolute Gasteiger partial charge is 0.494 e. The fourth-order valence-electron chi connectivity index (χ4n) is 4.43. The maximum Gasteiger partial charge on any atom is 0.329 e. The fourth-order valence-corrected chi connectivity index (χ4v) is 4.43. The zero-order valence-corrected chi connectivity index (χ0v) is 19.1. The molecule has 0 unspecified atom stereocenters. The smallest absolute Gasteiger partial charge is 0.329 e. The molecule has 2 saturated carbocycles. The number of alkyl halides is 2. The van der Waals surface area contributed by atoms with Crippen LogP contribution in [0.3, 0.4) is 0 Å². The highest BCUT2D eigenvalue weighted by atomic mass is 19.3. The van der Waals surface area contributed by atoms with E-state index in [1.54, 1.807) is 0 Å². The molecule has 2 fully saturated rings. The van der Waals surface area contributed by atoms with Gasteiger partial charge < -0.3 is 19.9 Å². The molecule has 0 radical (unpaired) electrons. The second-order valence-electron chi connectivity index (χ2n) is 9.11. The number of hydrogen-bond donors (Lipinski definition) is 2. The van der Waals surface area contributed by atoms with Gasteiger partial charge in [-0.05, 0) is 80.0 Å². The molecule has 0 heterocycles. The van der Waals surface area contributed by atoms with Crippen molar-refractivity contribution in [2.75, 3.05) is 11.9 Å². The number of carboxylic acid groups (broad SMARTS) is 1. The average Bonchev–Trinajstić information content (AvgIpc) is 3.60. The Hall–Kier alpha value is -2.67. The summed E-state index contributed by atoms with van der Waals surface area (Å²) in [5.41, 5.74) is 3.14. The lowest BCUT2D eigenvalue weighted by atomic mass is 9.79. The maximum atomic E-state index is 13.7. The minimum atomic E-state index is -2.81. The molecule has 0 saturated heterocycles. The number of carboxylic acids is 1. The Morgan fingerprint density at radius 2 is 1.85 bits per heavy atom. The predicted octanol–water partition coefficient (Wildman–Crippen LogP) is 6.18. The monoisotopic (exact) mass is 459 g/mol. The number of ether oxygens (including phenoxy) is 2. The number of hydrogen-bond acceptors (Lipinski definition) is 4. The zero-order chi connectivity index (χ0) is 23.6. The summed E-state index contributed by atoms with van der Waals surface area (Å²) in [6, 6.07) is 11.6. The van der Waals surface area contributed by atoms with Crippen LogP contribution in [-0.2, 0) is 16.1 Å². The van der Waals surface area contributed by atoms with E-state index in [1.165, 1.54) is 0 Å². The standard InChI is InChI=1S/C26H31F2NO4/c1-3-32-23-6-4-5-21(17(23)2)22-10-7-19(15-18(22)16-33-20-8-9-20)29-25(24(30)31)11-13-26(27,28)14-12-25/h4-7,10,15,20,29H,3,8-9,11-14,16H2,1-2H3,(H,30,31). The first-order valence-electron chi connectivity index (χ1n) is 11.6. The van der Waals surface area contributed by atoms with Gasteiger partial charge in [0.25, 0.3) is 0 Å². The van der Waals surface area contributed by atoms with Crippen LogP contribution in [-0.4, -0.2) is 35.2 Å². The first-order chi connectivity index (χ1) is 15.7. The summed E-state index contributed by atoms with van der Waals surface area (Å²) in [5, 5.41) is 13.0. The van der Waals surface area contributed by atoms with Gasteiger partial charge in [0.1, 0.15) is 11.3 Å². The van der Waals surface area contributed by atoms with Gasteiger partial charge in [-0.15, -0.1) is 0 Å². The van der Waals surface area contributed by atoms with Crippen LogP contribution in [0.25, 0.3) is 11.1 Å². The lowest BCUT2D eigenvalue weighted by Gasteiger charge is -2.38. The number of rotatable bonds is 9. The Balaban J connectivity index is 1.66. The molecule has 0 aliphatic heterocycles. The SMILES string of the molecule is CCOc1cccc(-c2ccc(NC3(C(=O)O)CCC(F)(F)CC3)cc2COC2CC2)c1C. The van der Waals surface area contributed by atoms with Gasteiger partial charge in [-0.2, -0.15) is 0 Å². The maximum absolute atomic E-state index is 13.7. The second kappa shape index (κ2) is 9.29. The Morgan fingerprint density at radius 1 is 1.12 bits per heavy atom. The molecule has 0 aromatic heterocycles. The molecule has 2 N–H and O–H groups in total. The van der Waals surface area contributed by atoms with Crippen LogP contribution in [0.5, 0.6) is 5.75 Å². The van der Waals surface area contributed by atoms with E-state index in [-0.39, 0.29) is 18.9 Å². The molecule has 0 amide bonds. The lowest BCUT2D eigenvalue weighted by molar-refractivity contribution is -0.146. The quantitative estimate of drug-likeness (QED) is 0.468. The van der Waals surface area contributed by atoms with Gasteiger partial charge in [0.05, 0.1) is 19.3 Å². The summed E-state index contributed by atoms with van der Waals surface area (Å²) in [7, 11) is 0. The van der Waals surface area contributed by atoms with E-state index in [0.29, 0.717) is 18.9 Å². The predicted molar refractivity (Wildman–Crippen MR) is 123 cm³/mol. The van der Waals surface area contributed by atoms with Crippen molar-refractivity contribution < 1.29 is 28.2 Å². The van der Waals surface area contributed by atoms with Crippen molar-refractivity contribution in [3.8, 4) is 16.9 Å². The van der Waals surface area contributed by atoms with Crippen molar-refractivity contribution in [2.24, 2.45) is 0 Å². The van der Waals surface area contributed by atoms with Gasteiger partial charge in [0.2, 0.25) is 5.92 Å². The molecule has 178 valence electrons. The van der Waals surface area contributed by atoms with Gasteiger partial charge in [0.15, 0.2) is 0 Å². The van der Waals surface area contributed by atoms with Crippen molar-refractivity contribution in [3.63, 3.8) is 0 Å². The third-order valence-electron chi connectivity index (χ3n) is 6.61. The van der Waals surface area contributed by atoms with Gasteiger partial charge in [-0.25, -0.2) is 13.6 Å². The van der Waals surface area contributed by atoms with Crippen LogP contribution in [0.2, 0.25) is 0 Å². The van der Waals surface area contributed by atoms with E-state index in [4.69, 9.17) is 9.47 Å². The molecule has 0 bridgehead atoms. The average molecular weight is 460 g/mol. The molecular formula is C26H31F2NO4. The topological polar surface area (TPSA) is 67.8 Å². The van der Waals surface area contributed by atoms with E-state index in [2.05, 4.69) is 5.32 Å². The van der Waals surface area contributed by atoms with Gasteiger partial charge in [0, 0.05) is 18.5 Å². The van der Waals surface area contributed by atoms with E-state index in [0.717, 1.165) is 40.8 Å². The normalized spacial score (nSPS) is 19.2. The third-order valence-corrected chi connectivity index (χ3v) is 6.61. The Labute approximate surface area is 193 Å². The zero-order valence-electron chi connectivity index (χ0n) is 19.1. The molecule has 4 rings (SSSR count). The molecule has 2 aliphatic rings. The highest BCUT2D eigenvalue weighted by molar-refractivity contribution is 5.84. The molecule has 5 nitrogen and oxygen atoms in total. The Bertz CT molecular complexity index is 1010. The van der Waals surface area contributed by atoms with Crippen molar-refractivity contribution in [2.45, 2.75) is 76.5 Å². The van der Waals surface area contributed by atoms with Crippen LogP contribution in [0, 0.1) is 6.92 Å². The summed E-state index contributed by atoms with van der Waals surface area (Å²) in [4.78, 5) is 12.1. The number of nitrogens with one attached hydrogen (secondary N) is 1. The van der Waals surface area contributed by atoms with Gasteiger partial charge >= 0.3 is 5.97 Å². The number of anilines is 1. The first kappa shape index (κ1) is 23.5. The molecule has 0 atom stereocenters. The molecule has 2 aromatic rings. The van der Waals surface area contributed by atoms with Crippen molar-refractivity contribution in [3.05, 3.63) is 47.5 Å². The van der Waals surface area contributed by atoms with Gasteiger partial charge in [-0.1, -0.05) is 18.2 Å². The summed E-state index contributed by atoms with van der Waals surface area (Å²) in [6.07, 6.45) is 1.22. The minimum absolute atomic E-state index is 0.125. The highest BCUT2D eigenvalue weighted by Crippen LogP contribution is 2.41. The molecule has 0 spiro atoms. The van der Waals surface area contributed by atoms with E-state index >= 15 is 0 Å². The fraction of sp³-hybridized carbons (Fsp3) is 0.500. The van der Waals surface area contributed by atoms with Gasteiger partial charge in [-0.3, -0.25) is 0 Å². The summed E-state index contributed by atoms with van der Waals surface area (Å²) < 4.78 is 39.2. The molecule has 33 heavy (non-hydrogen) atoms. The van der Waals surface area contributed by atoms with Crippen LogP contribution in [0.1, 0.15) is 56.6 Å². The Kier molecular flexibility index (Phi) is 6.61. The highest BCUT2D eigenvalue weighted by Gasteiger charge is 2.48. The summed E-state index contributed by atoms with van der Waals surface area (Å²) in [5.74, 6) is -3.09. The van der Waals surface area contributed by atoms with Crippen LogP contribution < -0.4 is 10.1 Å². The van der Waals surface area contributed by atoms with E-state index < -0.39 is 30.3 Å². The van der Waals surface area contributed by atoms with Crippen molar-refractivity contribution in [1.82, 2.24) is 0 Å². The summed E-state index contributed by atoms with van der Waals surface area (Å²) in [6.45, 7) is 4.92. The summed E-state index contributed by atoms with van der Waals surface area (Å²) >= 11 is 0. The van der Waals surface area contributed by atoms with Crippen LogP contribution in [0.15, 0.2) is 36.4 Å². The van der Waals surface area contributed by atoms with Crippen LogP contribution in [0.4, 0.5) is 14.5 Å². The molecule has 7 heteroatoms. The van der Waals surface area contributed by atoms with Crippen LogP contribution >= 0.6 is 0 Å². The minimum Gasteiger partial charge on any atom is -0.494 e. The lowest BCUT2D eigenvalue weighted by Crippen LogP contribution is -2.51. The van der Waals surface area contributed by atoms with Crippen molar-refractivity contribution >= 4 is 11.7 Å². The number of carbonyl (C=O) groups is 1. The third kappa shape index (κ3) is 5.29. The Morgan fingerprint density at radius 3 is 2.48 bits per heavy atom. The second-order valence-corrected chi connectivity index (χ2v) is 9.11. The molecular weight excluding hydrogens is 428 g/mol. The first-order valence-corrected chi connectivity index (χ1v) is 11.6. The van der Waals surface area contributed by atoms with E-state index in [9.17, 15) is 18.7 Å². The number of benzene rings is 2. The van der Waals surface area contributed by atoms with Crippen molar-refractivity contribution in [1.29, 1.82) is 0 Å². The number of halogens is 2.